The lowest BCUT2D eigenvalue weighted by atomic mass is 9.82. The summed E-state index contributed by atoms with van der Waals surface area (Å²) in [4.78, 5) is 2.79. The summed E-state index contributed by atoms with van der Waals surface area (Å²) in [6.45, 7) is 5.91. The first-order valence-corrected chi connectivity index (χ1v) is 7.77. The van der Waals surface area contributed by atoms with Crippen molar-refractivity contribution in [3.8, 4) is 0 Å². The van der Waals surface area contributed by atoms with Crippen LogP contribution in [-0.2, 0) is 0 Å². The molecule has 0 amide bonds. The molecule has 100 valence electrons. The minimum absolute atomic E-state index is 0.876. The summed E-state index contributed by atoms with van der Waals surface area (Å²) in [5.41, 5.74) is 5.70. The Bertz CT molecular complexity index is 207. The topological polar surface area (TPSA) is 29.3 Å². The molecule has 1 aliphatic carbocycles. The van der Waals surface area contributed by atoms with E-state index in [0.717, 1.165) is 24.4 Å². The fourth-order valence-corrected chi connectivity index (χ4v) is 3.82. The smallest absolute Gasteiger partial charge is 0.00955 e. The molecule has 0 spiro atoms. The molecule has 0 bridgehead atoms. The van der Waals surface area contributed by atoms with Crippen molar-refractivity contribution >= 4 is 0 Å². The predicted molar refractivity (Wildman–Crippen MR) is 74.0 cm³/mol. The van der Waals surface area contributed by atoms with E-state index in [9.17, 15) is 0 Å². The van der Waals surface area contributed by atoms with Crippen LogP contribution in [0.5, 0.6) is 0 Å². The maximum Gasteiger partial charge on any atom is 0.00955 e. The standard InChI is InChI=1S/C15H30N2/c1-2-13-5-7-15(8-6-13)17-11-3-4-14(12-17)9-10-16/h13-15H,2-12,16H2,1H3. The zero-order valence-corrected chi connectivity index (χ0v) is 11.5. The average Bonchev–Trinajstić information content (AvgIpc) is 2.40. The number of nitrogens with two attached hydrogens (primary N) is 1. The van der Waals surface area contributed by atoms with Gasteiger partial charge in [0, 0.05) is 12.6 Å². The van der Waals surface area contributed by atoms with Crippen molar-refractivity contribution in [2.24, 2.45) is 17.6 Å². The van der Waals surface area contributed by atoms with Gasteiger partial charge in [0.1, 0.15) is 0 Å². The molecule has 1 saturated heterocycles. The number of hydrogen-bond donors (Lipinski definition) is 1. The summed E-state index contributed by atoms with van der Waals surface area (Å²) in [5, 5.41) is 0. The van der Waals surface area contributed by atoms with Crippen LogP contribution >= 0.6 is 0 Å². The van der Waals surface area contributed by atoms with Crippen LogP contribution in [0.4, 0.5) is 0 Å². The Balaban J connectivity index is 1.77. The van der Waals surface area contributed by atoms with E-state index in [1.54, 1.807) is 0 Å². The molecule has 1 saturated carbocycles. The average molecular weight is 238 g/mol. The Morgan fingerprint density at radius 2 is 1.82 bits per heavy atom. The molecule has 0 aromatic rings. The van der Waals surface area contributed by atoms with Crippen molar-refractivity contribution in [3.63, 3.8) is 0 Å². The quantitative estimate of drug-likeness (QED) is 0.816. The molecular formula is C15H30N2. The van der Waals surface area contributed by atoms with E-state index in [1.807, 2.05) is 0 Å². The van der Waals surface area contributed by atoms with Crippen LogP contribution in [0.2, 0.25) is 0 Å². The van der Waals surface area contributed by atoms with E-state index in [4.69, 9.17) is 5.73 Å². The molecule has 1 aliphatic heterocycles. The largest absolute Gasteiger partial charge is 0.330 e. The fourth-order valence-electron chi connectivity index (χ4n) is 3.82. The van der Waals surface area contributed by atoms with E-state index in [-0.39, 0.29) is 0 Å². The SMILES string of the molecule is CCC1CCC(N2CCCC(CCN)C2)CC1. The zero-order chi connectivity index (χ0) is 12.1. The van der Waals surface area contributed by atoms with Crippen LogP contribution in [0.25, 0.3) is 0 Å². The third-order valence-electron chi connectivity index (χ3n) is 5.04. The summed E-state index contributed by atoms with van der Waals surface area (Å²) in [6.07, 6.45) is 11.3. The van der Waals surface area contributed by atoms with Crippen LogP contribution in [0.1, 0.15) is 58.3 Å². The first-order chi connectivity index (χ1) is 8.33. The highest BCUT2D eigenvalue weighted by Gasteiger charge is 2.28. The Labute approximate surface area is 107 Å². The first kappa shape index (κ1) is 13.4. The normalized spacial score (nSPS) is 36.0. The minimum Gasteiger partial charge on any atom is -0.330 e. The second-order valence-corrected chi connectivity index (χ2v) is 6.16. The molecule has 2 nitrogen and oxygen atoms in total. The van der Waals surface area contributed by atoms with Gasteiger partial charge in [-0.25, -0.2) is 0 Å². The summed E-state index contributed by atoms with van der Waals surface area (Å²) in [6, 6.07) is 0.901. The second-order valence-electron chi connectivity index (χ2n) is 6.16. The molecule has 0 aromatic carbocycles. The van der Waals surface area contributed by atoms with Gasteiger partial charge >= 0.3 is 0 Å². The van der Waals surface area contributed by atoms with Crippen LogP contribution in [0.3, 0.4) is 0 Å². The predicted octanol–water partition coefficient (Wildman–Crippen LogP) is 3.02. The Morgan fingerprint density at radius 3 is 2.47 bits per heavy atom. The molecule has 1 atom stereocenters. The van der Waals surface area contributed by atoms with Crippen molar-refractivity contribution in [1.82, 2.24) is 4.90 Å². The highest BCUT2D eigenvalue weighted by molar-refractivity contribution is 4.83. The summed E-state index contributed by atoms with van der Waals surface area (Å²) in [7, 11) is 0. The van der Waals surface area contributed by atoms with Crippen molar-refractivity contribution in [2.45, 2.75) is 64.3 Å². The molecule has 2 fully saturated rings. The maximum absolute atomic E-state index is 5.70. The molecule has 2 N–H and O–H groups in total. The summed E-state index contributed by atoms with van der Waals surface area (Å²) < 4.78 is 0. The van der Waals surface area contributed by atoms with Crippen LogP contribution in [0, 0.1) is 11.8 Å². The van der Waals surface area contributed by atoms with Gasteiger partial charge in [-0.15, -0.1) is 0 Å². The van der Waals surface area contributed by atoms with E-state index in [0.29, 0.717) is 0 Å². The first-order valence-electron chi connectivity index (χ1n) is 7.77. The van der Waals surface area contributed by atoms with Gasteiger partial charge in [-0.05, 0) is 69.9 Å². The molecule has 17 heavy (non-hydrogen) atoms. The summed E-state index contributed by atoms with van der Waals surface area (Å²) >= 11 is 0. The number of rotatable bonds is 4. The van der Waals surface area contributed by atoms with Crippen LogP contribution in [-0.4, -0.2) is 30.6 Å². The van der Waals surface area contributed by atoms with E-state index in [1.165, 1.54) is 64.5 Å². The molecule has 2 heteroatoms. The van der Waals surface area contributed by atoms with E-state index >= 15 is 0 Å². The Kier molecular flexibility index (Phi) is 5.30. The van der Waals surface area contributed by atoms with Gasteiger partial charge in [0.25, 0.3) is 0 Å². The lowest BCUT2D eigenvalue weighted by Crippen LogP contribution is -2.44. The van der Waals surface area contributed by atoms with E-state index < -0.39 is 0 Å². The van der Waals surface area contributed by atoms with Gasteiger partial charge in [0.05, 0.1) is 0 Å². The lowest BCUT2D eigenvalue weighted by Gasteiger charge is -2.41. The molecule has 0 radical (unpaired) electrons. The van der Waals surface area contributed by atoms with E-state index in [2.05, 4.69) is 11.8 Å². The number of piperidine rings is 1. The van der Waals surface area contributed by atoms with Crippen LogP contribution in [0.15, 0.2) is 0 Å². The van der Waals surface area contributed by atoms with Gasteiger partial charge in [0.15, 0.2) is 0 Å². The lowest BCUT2D eigenvalue weighted by molar-refractivity contribution is 0.0845. The number of likely N-dealkylation sites (tertiary alicyclic amines) is 1. The molecular weight excluding hydrogens is 208 g/mol. The third kappa shape index (κ3) is 3.69. The zero-order valence-electron chi connectivity index (χ0n) is 11.5. The Hall–Kier alpha value is -0.0800. The molecule has 2 rings (SSSR count). The van der Waals surface area contributed by atoms with Crippen molar-refractivity contribution in [3.05, 3.63) is 0 Å². The van der Waals surface area contributed by atoms with Gasteiger partial charge in [-0.1, -0.05) is 13.3 Å². The number of hydrogen-bond acceptors (Lipinski definition) is 2. The van der Waals surface area contributed by atoms with Gasteiger partial charge < -0.3 is 10.6 Å². The monoisotopic (exact) mass is 238 g/mol. The summed E-state index contributed by atoms with van der Waals surface area (Å²) in [5.74, 6) is 1.91. The molecule has 2 aliphatic rings. The van der Waals surface area contributed by atoms with Crippen molar-refractivity contribution in [2.75, 3.05) is 19.6 Å². The van der Waals surface area contributed by atoms with Gasteiger partial charge in [-0.3, -0.25) is 0 Å². The second kappa shape index (κ2) is 6.75. The molecule has 1 unspecified atom stereocenters. The van der Waals surface area contributed by atoms with Gasteiger partial charge in [-0.2, -0.15) is 0 Å². The molecule has 1 heterocycles. The maximum atomic E-state index is 5.70. The third-order valence-corrected chi connectivity index (χ3v) is 5.04. The molecule has 0 aromatic heterocycles. The van der Waals surface area contributed by atoms with Gasteiger partial charge in [0.2, 0.25) is 0 Å². The van der Waals surface area contributed by atoms with Crippen LogP contribution < -0.4 is 5.73 Å². The number of nitrogens with zero attached hydrogens (tertiary/aromatic N) is 1. The highest BCUT2D eigenvalue weighted by Crippen LogP contribution is 2.32. The van der Waals surface area contributed by atoms with Crippen molar-refractivity contribution < 1.29 is 0 Å². The minimum atomic E-state index is 0.876. The fraction of sp³-hybridized carbons (Fsp3) is 1.00. The van der Waals surface area contributed by atoms with Crippen molar-refractivity contribution in [1.29, 1.82) is 0 Å². The highest BCUT2D eigenvalue weighted by atomic mass is 15.2. The Morgan fingerprint density at radius 1 is 1.06 bits per heavy atom.